The summed E-state index contributed by atoms with van der Waals surface area (Å²) in [6.45, 7) is 4.23. The van der Waals surface area contributed by atoms with Gasteiger partial charge in [0, 0.05) is 44.7 Å². The zero-order valence-corrected chi connectivity index (χ0v) is 22.8. The van der Waals surface area contributed by atoms with E-state index in [1.54, 1.807) is 12.1 Å². The van der Waals surface area contributed by atoms with E-state index in [2.05, 4.69) is 0 Å². The Bertz CT molecular complexity index is 1340. The maximum atomic E-state index is 12.7. The van der Waals surface area contributed by atoms with E-state index >= 15 is 0 Å². The van der Waals surface area contributed by atoms with Crippen molar-refractivity contribution in [3.8, 4) is 5.75 Å². The first-order chi connectivity index (χ1) is 19.0. The van der Waals surface area contributed by atoms with Crippen LogP contribution in [0.25, 0.3) is 11.0 Å². The van der Waals surface area contributed by atoms with E-state index in [0.29, 0.717) is 17.6 Å². The molecule has 1 saturated heterocycles. The molecule has 5 atom stereocenters. The minimum absolute atomic E-state index is 0.199. The van der Waals surface area contributed by atoms with Gasteiger partial charge in [0.25, 0.3) is 0 Å². The molecule has 2 aromatic rings. The molecule has 0 radical (unpaired) electrons. The van der Waals surface area contributed by atoms with E-state index in [4.69, 9.17) is 32.8 Å². The molecule has 1 fully saturated rings. The summed E-state index contributed by atoms with van der Waals surface area (Å²) >= 11 is 0. The third-order valence-corrected chi connectivity index (χ3v) is 6.65. The van der Waals surface area contributed by atoms with Crippen LogP contribution in [-0.2, 0) is 55.7 Å². The highest BCUT2D eigenvalue weighted by atomic mass is 16.7. The molecule has 0 amide bonds. The Morgan fingerprint density at radius 2 is 1.43 bits per heavy atom. The van der Waals surface area contributed by atoms with Gasteiger partial charge in [0.05, 0.1) is 0 Å². The van der Waals surface area contributed by atoms with Crippen molar-refractivity contribution in [3.05, 3.63) is 39.7 Å². The summed E-state index contributed by atoms with van der Waals surface area (Å²) in [5.74, 6) is -2.66. The zero-order valence-electron chi connectivity index (χ0n) is 22.8. The molecule has 2 aliphatic rings. The summed E-state index contributed by atoms with van der Waals surface area (Å²) < 4.78 is 39.0. The predicted molar refractivity (Wildman–Crippen MR) is 136 cm³/mol. The van der Waals surface area contributed by atoms with E-state index in [-0.39, 0.29) is 12.4 Å². The van der Waals surface area contributed by atoms with Gasteiger partial charge in [-0.1, -0.05) is 6.42 Å². The monoisotopic (exact) mass is 560 g/mol. The Labute approximate surface area is 229 Å². The molecule has 0 saturated carbocycles. The van der Waals surface area contributed by atoms with Crippen molar-refractivity contribution in [1.82, 2.24) is 0 Å². The summed E-state index contributed by atoms with van der Waals surface area (Å²) in [7, 11) is 0. The van der Waals surface area contributed by atoms with Crippen LogP contribution in [0.5, 0.6) is 5.75 Å². The van der Waals surface area contributed by atoms with Crippen LogP contribution in [0, 0.1) is 0 Å². The number of hydrogen-bond donors (Lipinski definition) is 0. The van der Waals surface area contributed by atoms with Crippen LogP contribution < -0.4 is 10.4 Å². The molecule has 2 heterocycles. The average molecular weight is 561 g/mol. The van der Waals surface area contributed by atoms with Crippen LogP contribution in [0.4, 0.5) is 0 Å². The molecular weight excluding hydrogens is 528 g/mol. The summed E-state index contributed by atoms with van der Waals surface area (Å²) in [6, 6.07) is 4.96. The van der Waals surface area contributed by atoms with Crippen molar-refractivity contribution in [3.63, 3.8) is 0 Å². The topological polar surface area (TPSA) is 154 Å². The molecular formula is C28H32O12. The smallest absolute Gasteiger partial charge is 0.339 e. The van der Waals surface area contributed by atoms with Crippen LogP contribution >= 0.6 is 0 Å². The number of esters is 4. The molecule has 12 nitrogen and oxygen atoms in total. The molecule has 1 aliphatic carbocycles. The summed E-state index contributed by atoms with van der Waals surface area (Å²) in [5, 5.41) is 0.797. The Hall–Kier alpha value is -3.93. The van der Waals surface area contributed by atoms with Gasteiger partial charge in [0.2, 0.25) is 12.4 Å². The SMILES string of the molecule is CC(=O)OC[C@@H]1O[C@H](Oc2ccc3c4c(c(=O)oc3c2)CCCCC4)[C@H](OC(C)=O)[C@@H](OC(C)=O)[C@@H]1OC(C)=O. The minimum Gasteiger partial charge on any atom is -0.463 e. The maximum absolute atomic E-state index is 12.7. The average Bonchev–Trinajstić information content (AvgIpc) is 3.12. The first-order valence-corrected chi connectivity index (χ1v) is 13.1. The third kappa shape index (κ3) is 6.79. The number of rotatable bonds is 7. The van der Waals surface area contributed by atoms with Crippen LogP contribution in [0.2, 0.25) is 0 Å². The number of carbonyl (C=O) groups is 4. The fourth-order valence-electron chi connectivity index (χ4n) is 5.09. The number of benzene rings is 1. The van der Waals surface area contributed by atoms with Gasteiger partial charge in [0.15, 0.2) is 12.2 Å². The second-order valence-corrected chi connectivity index (χ2v) is 9.75. The van der Waals surface area contributed by atoms with E-state index in [1.165, 1.54) is 13.0 Å². The van der Waals surface area contributed by atoms with Crippen LogP contribution in [0.3, 0.4) is 0 Å². The third-order valence-electron chi connectivity index (χ3n) is 6.65. The Morgan fingerprint density at radius 1 is 0.800 bits per heavy atom. The quantitative estimate of drug-likeness (QED) is 0.212. The second-order valence-electron chi connectivity index (χ2n) is 9.75. The van der Waals surface area contributed by atoms with Crippen molar-refractivity contribution < 1.29 is 52.0 Å². The van der Waals surface area contributed by atoms with Gasteiger partial charge in [0.1, 0.15) is 24.0 Å². The Kier molecular flexibility index (Phi) is 9.08. The molecule has 40 heavy (non-hydrogen) atoms. The highest BCUT2D eigenvalue weighted by molar-refractivity contribution is 5.82. The Morgan fingerprint density at radius 3 is 2.08 bits per heavy atom. The largest absolute Gasteiger partial charge is 0.463 e. The molecule has 1 aromatic carbocycles. The highest BCUT2D eigenvalue weighted by Crippen LogP contribution is 2.33. The van der Waals surface area contributed by atoms with Gasteiger partial charge in [-0.3, -0.25) is 19.2 Å². The number of ether oxygens (including phenoxy) is 6. The lowest BCUT2D eigenvalue weighted by Gasteiger charge is -2.43. The van der Waals surface area contributed by atoms with Crippen LogP contribution in [0.1, 0.15) is 58.1 Å². The fraction of sp³-hybridized carbons (Fsp3) is 0.536. The predicted octanol–water partition coefficient (Wildman–Crippen LogP) is 2.52. The van der Waals surface area contributed by atoms with Crippen LogP contribution in [0.15, 0.2) is 27.4 Å². The normalized spacial score (nSPS) is 24.2. The van der Waals surface area contributed by atoms with Gasteiger partial charge in [-0.15, -0.1) is 0 Å². The standard InChI is InChI=1S/C28H32O12/c1-14(29)34-13-23-24(35-15(2)30)25(36-16(3)31)26(37-17(4)32)28(40-23)38-18-10-11-20-19-8-6-5-7-9-21(19)27(33)39-22(20)12-18/h10-12,23-26,28H,5-9,13H2,1-4H3/t23-,24+,25-,26+,28-/m0/s1. The molecule has 0 unspecified atom stereocenters. The number of aryl methyl sites for hydroxylation is 1. The van der Waals surface area contributed by atoms with Gasteiger partial charge in [-0.2, -0.15) is 0 Å². The molecule has 0 N–H and O–H groups in total. The molecule has 4 rings (SSSR count). The van der Waals surface area contributed by atoms with Gasteiger partial charge in [-0.25, -0.2) is 4.79 Å². The molecule has 1 aromatic heterocycles. The first kappa shape index (κ1) is 29.1. The van der Waals surface area contributed by atoms with Crippen molar-refractivity contribution in [2.24, 2.45) is 0 Å². The second kappa shape index (κ2) is 12.5. The first-order valence-electron chi connectivity index (χ1n) is 13.1. The Balaban J connectivity index is 1.72. The number of fused-ring (bicyclic) bond motifs is 3. The van der Waals surface area contributed by atoms with Gasteiger partial charge in [-0.05, 0) is 43.4 Å². The van der Waals surface area contributed by atoms with Gasteiger partial charge < -0.3 is 32.8 Å². The van der Waals surface area contributed by atoms with Crippen LogP contribution in [-0.4, -0.2) is 61.2 Å². The van der Waals surface area contributed by atoms with Crippen molar-refractivity contribution in [1.29, 1.82) is 0 Å². The minimum atomic E-state index is -1.40. The van der Waals surface area contributed by atoms with Gasteiger partial charge >= 0.3 is 29.5 Å². The highest BCUT2D eigenvalue weighted by Gasteiger charge is 2.53. The summed E-state index contributed by atoms with van der Waals surface area (Å²) in [5.41, 5.74) is 1.57. The zero-order chi connectivity index (χ0) is 29.0. The molecule has 1 aliphatic heterocycles. The lowest BCUT2D eigenvalue weighted by Crippen LogP contribution is -2.63. The van der Waals surface area contributed by atoms with Crippen molar-refractivity contribution >= 4 is 34.8 Å². The number of carbonyl (C=O) groups excluding carboxylic acids is 4. The molecule has 12 heteroatoms. The van der Waals surface area contributed by atoms with E-state index < -0.39 is 60.2 Å². The number of hydrogen-bond acceptors (Lipinski definition) is 12. The summed E-state index contributed by atoms with van der Waals surface area (Å²) in [6.07, 6.45) is -2.24. The van der Waals surface area contributed by atoms with E-state index in [0.717, 1.165) is 57.4 Å². The fourth-order valence-corrected chi connectivity index (χ4v) is 5.09. The molecule has 216 valence electrons. The maximum Gasteiger partial charge on any atom is 0.339 e. The molecule has 0 bridgehead atoms. The lowest BCUT2D eigenvalue weighted by molar-refractivity contribution is -0.288. The van der Waals surface area contributed by atoms with Crippen molar-refractivity contribution in [2.45, 2.75) is 90.5 Å². The lowest BCUT2D eigenvalue weighted by atomic mass is 9.98. The van der Waals surface area contributed by atoms with E-state index in [1.807, 2.05) is 0 Å². The summed E-state index contributed by atoms with van der Waals surface area (Å²) in [4.78, 5) is 60.2. The van der Waals surface area contributed by atoms with Crippen molar-refractivity contribution in [2.75, 3.05) is 6.61 Å². The van der Waals surface area contributed by atoms with E-state index in [9.17, 15) is 24.0 Å². The molecule has 0 spiro atoms.